The van der Waals surface area contributed by atoms with E-state index in [-0.39, 0.29) is 18.4 Å². The van der Waals surface area contributed by atoms with E-state index in [9.17, 15) is 9.59 Å². The Labute approximate surface area is 217 Å². The predicted octanol–water partition coefficient (Wildman–Crippen LogP) is 2.60. The lowest BCUT2D eigenvalue weighted by atomic mass is 10.1. The highest BCUT2D eigenvalue weighted by Crippen LogP contribution is 2.35. The Hall–Kier alpha value is -4.86. The van der Waals surface area contributed by atoms with Crippen molar-refractivity contribution in [3.05, 3.63) is 77.9 Å². The van der Waals surface area contributed by atoms with Crippen molar-refractivity contribution in [2.45, 2.75) is 19.5 Å². The summed E-state index contributed by atoms with van der Waals surface area (Å²) in [7, 11) is 3.98. The monoisotopic (exact) mass is 509 g/mol. The summed E-state index contributed by atoms with van der Waals surface area (Å²) in [6.07, 6.45) is 4.93. The fourth-order valence-corrected chi connectivity index (χ4v) is 4.49. The minimum Gasteiger partial charge on any atom is -0.493 e. The highest BCUT2D eigenvalue weighted by molar-refractivity contribution is 6.12. The molecule has 3 heterocycles. The maximum Gasteiger partial charge on any atom is 0.253 e. The normalized spacial score (nSPS) is 13.4. The van der Waals surface area contributed by atoms with Crippen LogP contribution < -0.4 is 14.7 Å². The molecule has 0 fully saturated rings. The number of fused-ring (bicyclic) bond motifs is 4. The molecule has 0 spiro atoms. The van der Waals surface area contributed by atoms with Crippen molar-refractivity contribution in [2.24, 2.45) is 0 Å². The van der Waals surface area contributed by atoms with E-state index in [1.165, 1.54) is 12.2 Å². The second-order valence-corrected chi connectivity index (χ2v) is 9.30. The average Bonchev–Trinajstić information content (AvgIpc) is 3.51. The highest BCUT2D eigenvalue weighted by Gasteiger charge is 2.24. The molecule has 10 heteroatoms. The predicted molar refractivity (Wildman–Crippen MR) is 140 cm³/mol. The molecule has 10 nitrogen and oxygen atoms in total. The molecular formula is C28H25N6O4+. The number of nitrogens with zero attached hydrogens (tertiary/aromatic N) is 6. The molecular weight excluding hydrogens is 484 g/mol. The Kier molecular flexibility index (Phi) is 5.91. The van der Waals surface area contributed by atoms with Gasteiger partial charge in [-0.1, -0.05) is 29.5 Å². The highest BCUT2D eigenvalue weighted by atomic mass is 16.5. The first-order chi connectivity index (χ1) is 18.5. The van der Waals surface area contributed by atoms with Crippen LogP contribution in [0.25, 0.3) is 33.3 Å². The fourth-order valence-electron chi connectivity index (χ4n) is 4.49. The summed E-state index contributed by atoms with van der Waals surface area (Å²) in [5, 5.41) is 11.1. The van der Waals surface area contributed by atoms with Crippen molar-refractivity contribution in [1.29, 1.82) is 0 Å². The van der Waals surface area contributed by atoms with Gasteiger partial charge in [0.05, 0.1) is 25.4 Å². The van der Waals surface area contributed by atoms with Crippen molar-refractivity contribution in [2.75, 3.05) is 20.7 Å². The number of aryl methyl sites for hydroxylation is 1. The topological polar surface area (TPSA) is 106 Å². The van der Waals surface area contributed by atoms with Gasteiger partial charge in [0.15, 0.2) is 11.3 Å². The van der Waals surface area contributed by atoms with Gasteiger partial charge < -0.3 is 9.15 Å². The molecule has 1 aliphatic carbocycles. The molecule has 0 atom stereocenters. The van der Waals surface area contributed by atoms with Gasteiger partial charge in [-0.25, -0.2) is 9.56 Å². The molecule has 2 amide bonds. The quantitative estimate of drug-likeness (QED) is 0.109. The minimum atomic E-state index is -0.339. The van der Waals surface area contributed by atoms with Gasteiger partial charge in [-0.05, 0) is 6.07 Å². The average molecular weight is 510 g/mol. The summed E-state index contributed by atoms with van der Waals surface area (Å²) in [5.74, 6) is 0.752. The van der Waals surface area contributed by atoms with Crippen LogP contribution >= 0.6 is 0 Å². The molecule has 38 heavy (non-hydrogen) atoms. The second kappa shape index (κ2) is 9.55. The summed E-state index contributed by atoms with van der Waals surface area (Å²) in [4.78, 5) is 29.5. The number of amides is 2. The summed E-state index contributed by atoms with van der Waals surface area (Å²) < 4.78 is 16.2. The maximum atomic E-state index is 11.8. The van der Waals surface area contributed by atoms with Crippen LogP contribution in [-0.2, 0) is 22.7 Å². The molecule has 0 unspecified atom stereocenters. The zero-order valence-corrected chi connectivity index (χ0v) is 21.0. The standard InChI is InChI=1S/C28H25N6O4/c1-32(2)19-8-9-22-24(14-19)38-25-15-23(20-6-3-4-7-21(20)28(25)29-22)37-13-5-12-33-16-18(30-31-33)17-34-26(35)10-11-27(34)36/h3-4,6-11,14-16H,5,12-13,17H2,1-2H3/q+1. The van der Waals surface area contributed by atoms with Gasteiger partial charge in [0.2, 0.25) is 5.36 Å². The first kappa shape index (κ1) is 23.5. The molecule has 0 saturated heterocycles. The molecule has 3 aliphatic rings. The third-order valence-corrected chi connectivity index (χ3v) is 6.45. The van der Waals surface area contributed by atoms with E-state index in [0.29, 0.717) is 36.6 Å². The van der Waals surface area contributed by atoms with Crippen molar-refractivity contribution >= 4 is 33.7 Å². The van der Waals surface area contributed by atoms with Gasteiger partial charge in [0.1, 0.15) is 36.7 Å². The van der Waals surface area contributed by atoms with E-state index >= 15 is 0 Å². The zero-order chi connectivity index (χ0) is 26.2. The van der Waals surface area contributed by atoms with Crippen molar-refractivity contribution in [3.63, 3.8) is 0 Å². The Balaban J connectivity index is 1.20. The lowest BCUT2D eigenvalue weighted by molar-refractivity contribution is -0.137. The third-order valence-electron chi connectivity index (χ3n) is 6.45. The second-order valence-electron chi connectivity index (χ2n) is 9.30. The van der Waals surface area contributed by atoms with Crippen LogP contribution in [-0.4, -0.2) is 57.4 Å². The smallest absolute Gasteiger partial charge is 0.253 e. The number of rotatable bonds is 7. The number of aromatic nitrogens is 4. The van der Waals surface area contributed by atoms with Crippen molar-refractivity contribution in [3.8, 4) is 17.2 Å². The van der Waals surface area contributed by atoms with E-state index in [0.717, 1.165) is 38.0 Å². The van der Waals surface area contributed by atoms with E-state index in [4.69, 9.17) is 14.1 Å². The first-order valence-corrected chi connectivity index (χ1v) is 12.3. The number of carbonyl (C=O) groups is 2. The molecule has 3 aromatic rings. The van der Waals surface area contributed by atoms with E-state index < -0.39 is 0 Å². The van der Waals surface area contributed by atoms with Gasteiger partial charge in [-0.3, -0.25) is 19.2 Å². The molecule has 0 N–H and O–H groups in total. The van der Waals surface area contributed by atoms with Gasteiger partial charge in [0, 0.05) is 48.0 Å². The summed E-state index contributed by atoms with van der Waals surface area (Å²) in [5.41, 5.74) is 2.79. The van der Waals surface area contributed by atoms with Gasteiger partial charge in [0.25, 0.3) is 11.8 Å². The Morgan fingerprint density at radius 3 is 2.58 bits per heavy atom. The summed E-state index contributed by atoms with van der Waals surface area (Å²) >= 11 is 0. The van der Waals surface area contributed by atoms with E-state index in [1.807, 2.05) is 67.2 Å². The van der Waals surface area contributed by atoms with Crippen LogP contribution in [0, 0.1) is 0 Å². The maximum absolute atomic E-state index is 11.8. The molecule has 0 saturated carbocycles. The SMILES string of the molecule is C[N+](C)=c1ccc2nc3c(cc(OCCCn4cc(CN5C(=O)C=CC5=O)nn4)c4ccccc43)oc-2c1. The summed E-state index contributed by atoms with van der Waals surface area (Å²) in [6.45, 7) is 1.12. The van der Waals surface area contributed by atoms with Crippen LogP contribution in [0.1, 0.15) is 12.1 Å². The van der Waals surface area contributed by atoms with Crippen LogP contribution in [0.15, 0.2) is 71.3 Å². The Morgan fingerprint density at radius 2 is 1.79 bits per heavy atom. The lowest BCUT2D eigenvalue weighted by Gasteiger charge is -2.13. The van der Waals surface area contributed by atoms with Gasteiger partial charge in [-0.15, -0.1) is 5.10 Å². The van der Waals surface area contributed by atoms with E-state index in [1.54, 1.807) is 10.9 Å². The van der Waals surface area contributed by atoms with E-state index in [2.05, 4.69) is 10.3 Å². The third kappa shape index (κ3) is 4.40. The molecule has 0 bridgehead atoms. The van der Waals surface area contributed by atoms with Crippen LogP contribution in [0.3, 0.4) is 0 Å². The number of imide groups is 1. The number of hydrogen-bond acceptors (Lipinski definition) is 7. The number of benzene rings is 3. The van der Waals surface area contributed by atoms with Crippen molar-refractivity contribution < 1.29 is 18.7 Å². The fraction of sp³-hybridized carbons (Fsp3) is 0.214. The molecule has 0 radical (unpaired) electrons. The van der Waals surface area contributed by atoms with Gasteiger partial charge in [-0.2, -0.15) is 0 Å². The summed E-state index contributed by atoms with van der Waals surface area (Å²) in [6, 6.07) is 15.9. The Bertz CT molecular complexity index is 1760. The minimum absolute atomic E-state index is 0.104. The molecule has 2 aromatic carbocycles. The van der Waals surface area contributed by atoms with Crippen molar-refractivity contribution in [1.82, 2.24) is 29.5 Å². The molecule has 190 valence electrons. The van der Waals surface area contributed by atoms with Gasteiger partial charge >= 0.3 is 0 Å². The lowest BCUT2D eigenvalue weighted by Crippen LogP contribution is -2.29. The van der Waals surface area contributed by atoms with Crippen LogP contribution in [0.2, 0.25) is 0 Å². The van der Waals surface area contributed by atoms with Crippen LogP contribution in [0.4, 0.5) is 0 Å². The number of hydrogen-bond donors (Lipinski definition) is 0. The molecule has 1 aromatic heterocycles. The molecule has 6 rings (SSSR count). The Morgan fingerprint density at radius 1 is 1.00 bits per heavy atom. The largest absolute Gasteiger partial charge is 0.493 e. The molecule has 2 aliphatic heterocycles. The number of carbonyl (C=O) groups excluding carboxylic acids is 2. The first-order valence-electron chi connectivity index (χ1n) is 12.3. The zero-order valence-electron chi connectivity index (χ0n) is 21.0. The van der Waals surface area contributed by atoms with Crippen LogP contribution in [0.5, 0.6) is 5.75 Å². The number of ether oxygens (including phenoxy) is 1.